The monoisotopic (exact) mass is 304 g/mol. The molecule has 22 heavy (non-hydrogen) atoms. The molecule has 0 unspecified atom stereocenters. The minimum atomic E-state index is -0.379. The Bertz CT molecular complexity index is 742. The molecular formula is C17H22NO4+. The first-order valence-electron chi connectivity index (χ1n) is 7.68. The maximum Gasteiger partial charge on any atom is 0.336 e. The summed E-state index contributed by atoms with van der Waals surface area (Å²) < 4.78 is 11.1. The molecule has 1 aromatic carbocycles. The molecule has 0 aliphatic carbocycles. The molecule has 0 radical (unpaired) electrons. The van der Waals surface area contributed by atoms with Gasteiger partial charge in [0.2, 0.25) is 0 Å². The highest BCUT2D eigenvalue weighted by molar-refractivity contribution is 5.84. The lowest BCUT2D eigenvalue weighted by Crippen LogP contribution is -3.14. The molecule has 118 valence electrons. The molecule has 0 saturated carbocycles. The maximum atomic E-state index is 11.7. The fourth-order valence-corrected chi connectivity index (χ4v) is 3.38. The third-order valence-corrected chi connectivity index (χ3v) is 4.24. The summed E-state index contributed by atoms with van der Waals surface area (Å²) in [5.74, 6) is 0.181. The maximum absolute atomic E-state index is 11.7. The lowest BCUT2D eigenvalue weighted by Gasteiger charge is -2.32. The quantitative estimate of drug-likeness (QED) is 0.813. The molecule has 0 amide bonds. The number of ether oxygens (including phenoxy) is 1. The van der Waals surface area contributed by atoms with Gasteiger partial charge in [0.1, 0.15) is 37.6 Å². The highest BCUT2D eigenvalue weighted by Crippen LogP contribution is 2.27. The highest BCUT2D eigenvalue weighted by atomic mass is 16.5. The van der Waals surface area contributed by atoms with E-state index in [4.69, 9.17) is 9.15 Å². The molecule has 2 atom stereocenters. The Morgan fingerprint density at radius 1 is 1.27 bits per heavy atom. The second-order valence-corrected chi connectivity index (χ2v) is 6.28. The number of benzene rings is 1. The molecular weight excluding hydrogens is 282 g/mol. The number of phenolic OH excluding ortho intramolecular Hbond substituents is 1. The summed E-state index contributed by atoms with van der Waals surface area (Å²) in [4.78, 5) is 13.0. The number of phenols is 1. The summed E-state index contributed by atoms with van der Waals surface area (Å²) >= 11 is 0. The van der Waals surface area contributed by atoms with Crippen LogP contribution in [-0.4, -0.2) is 30.4 Å². The third-order valence-electron chi connectivity index (χ3n) is 4.24. The van der Waals surface area contributed by atoms with Crippen molar-refractivity contribution >= 4 is 11.0 Å². The van der Waals surface area contributed by atoms with Crippen LogP contribution in [0.25, 0.3) is 11.0 Å². The molecule has 0 spiro atoms. The van der Waals surface area contributed by atoms with E-state index in [9.17, 15) is 9.90 Å². The summed E-state index contributed by atoms with van der Waals surface area (Å²) in [7, 11) is 0. The molecule has 1 aromatic heterocycles. The number of aromatic hydroxyl groups is 1. The Hall–Kier alpha value is -1.85. The first-order chi connectivity index (χ1) is 10.4. The lowest BCUT2D eigenvalue weighted by atomic mass is 10.1. The van der Waals surface area contributed by atoms with Gasteiger partial charge < -0.3 is 19.2 Å². The van der Waals surface area contributed by atoms with Gasteiger partial charge in [-0.25, -0.2) is 4.79 Å². The molecule has 2 heterocycles. The van der Waals surface area contributed by atoms with E-state index in [2.05, 4.69) is 13.8 Å². The van der Waals surface area contributed by atoms with E-state index in [0.717, 1.165) is 24.0 Å². The predicted molar refractivity (Wildman–Crippen MR) is 83.3 cm³/mol. The number of quaternary nitrogens is 1. The van der Waals surface area contributed by atoms with E-state index >= 15 is 0 Å². The summed E-state index contributed by atoms with van der Waals surface area (Å²) in [5.41, 5.74) is 1.70. The van der Waals surface area contributed by atoms with Gasteiger partial charge in [0.25, 0.3) is 0 Å². The fraction of sp³-hybridized carbons (Fsp3) is 0.471. The van der Waals surface area contributed by atoms with E-state index in [0.29, 0.717) is 17.7 Å². The van der Waals surface area contributed by atoms with Gasteiger partial charge in [0, 0.05) is 11.5 Å². The second-order valence-electron chi connectivity index (χ2n) is 6.28. The van der Waals surface area contributed by atoms with E-state index < -0.39 is 0 Å². The van der Waals surface area contributed by atoms with Crippen molar-refractivity contribution in [3.05, 3.63) is 39.7 Å². The summed E-state index contributed by atoms with van der Waals surface area (Å²) in [6.07, 6.45) is 0.370. The van der Waals surface area contributed by atoms with E-state index in [1.807, 2.05) is 6.92 Å². The molecule has 2 N–H and O–H groups in total. The molecule has 3 rings (SSSR count). The molecule has 0 bridgehead atoms. The number of nitrogens with one attached hydrogen (secondary N) is 1. The van der Waals surface area contributed by atoms with Crippen LogP contribution in [0.2, 0.25) is 0 Å². The van der Waals surface area contributed by atoms with Gasteiger partial charge in [-0.15, -0.1) is 0 Å². The third kappa shape index (κ3) is 2.87. The fourth-order valence-electron chi connectivity index (χ4n) is 3.38. The van der Waals surface area contributed by atoms with Gasteiger partial charge >= 0.3 is 5.63 Å². The van der Waals surface area contributed by atoms with Gasteiger partial charge in [-0.3, -0.25) is 0 Å². The van der Waals surface area contributed by atoms with Crippen molar-refractivity contribution in [1.82, 2.24) is 0 Å². The van der Waals surface area contributed by atoms with Gasteiger partial charge in [-0.05, 0) is 38.5 Å². The first kappa shape index (κ1) is 15.1. The van der Waals surface area contributed by atoms with Crippen molar-refractivity contribution in [2.24, 2.45) is 0 Å². The Kier molecular flexibility index (Phi) is 3.93. The van der Waals surface area contributed by atoms with E-state index in [-0.39, 0.29) is 23.6 Å². The first-order valence-corrected chi connectivity index (χ1v) is 7.68. The average Bonchev–Trinajstić information content (AvgIpc) is 2.41. The zero-order chi connectivity index (χ0) is 15.9. The largest absolute Gasteiger partial charge is 0.507 e. The Morgan fingerprint density at radius 3 is 2.64 bits per heavy atom. The van der Waals surface area contributed by atoms with Crippen LogP contribution in [0.4, 0.5) is 0 Å². The van der Waals surface area contributed by atoms with Gasteiger partial charge in [0.15, 0.2) is 5.58 Å². The summed E-state index contributed by atoms with van der Waals surface area (Å²) in [5, 5.41) is 11.1. The molecule has 2 aromatic rings. The van der Waals surface area contributed by atoms with Crippen LogP contribution in [0.1, 0.15) is 25.0 Å². The molecule has 1 fully saturated rings. The highest BCUT2D eigenvalue weighted by Gasteiger charge is 2.27. The van der Waals surface area contributed by atoms with Crippen LogP contribution in [-0.2, 0) is 11.3 Å². The topological polar surface area (TPSA) is 64.1 Å². The van der Waals surface area contributed by atoms with Crippen LogP contribution in [0.3, 0.4) is 0 Å². The minimum absolute atomic E-state index is 0.181. The van der Waals surface area contributed by atoms with Crippen LogP contribution in [0.5, 0.6) is 5.75 Å². The van der Waals surface area contributed by atoms with Crippen LogP contribution >= 0.6 is 0 Å². The number of hydrogen-bond acceptors (Lipinski definition) is 4. The zero-order valence-electron chi connectivity index (χ0n) is 13.2. The number of hydrogen-bond donors (Lipinski definition) is 2. The van der Waals surface area contributed by atoms with Gasteiger partial charge in [-0.1, -0.05) is 0 Å². The number of morpholine rings is 1. The van der Waals surface area contributed by atoms with E-state index in [1.165, 1.54) is 11.0 Å². The standard InChI is InChI=1S/C17H21NO4/c1-10-6-16(20)22-17-13(10)4-5-15(19)14(17)9-18-7-11(2)21-12(3)8-18/h4-6,11-12,19H,7-9H2,1-3H3/p+1/t11-,12-/m1/s1. The van der Waals surface area contributed by atoms with Crippen molar-refractivity contribution in [1.29, 1.82) is 0 Å². The van der Waals surface area contributed by atoms with Crippen LogP contribution in [0, 0.1) is 6.92 Å². The lowest BCUT2D eigenvalue weighted by molar-refractivity contribution is -0.928. The zero-order valence-corrected chi connectivity index (χ0v) is 13.2. The number of fused-ring (bicyclic) bond motifs is 1. The summed E-state index contributed by atoms with van der Waals surface area (Å²) in [6, 6.07) is 4.96. The van der Waals surface area contributed by atoms with E-state index in [1.54, 1.807) is 12.1 Å². The molecule has 5 heteroatoms. The normalized spacial score (nSPS) is 25.5. The van der Waals surface area contributed by atoms with Gasteiger partial charge in [0.05, 0.1) is 5.56 Å². The van der Waals surface area contributed by atoms with Crippen LogP contribution in [0.15, 0.2) is 27.4 Å². The van der Waals surface area contributed by atoms with Crippen molar-refractivity contribution in [2.75, 3.05) is 13.1 Å². The second kappa shape index (κ2) is 5.74. The molecule has 1 saturated heterocycles. The Balaban J connectivity index is 2.02. The Morgan fingerprint density at radius 2 is 1.95 bits per heavy atom. The average molecular weight is 304 g/mol. The van der Waals surface area contributed by atoms with Crippen molar-refractivity contribution in [3.63, 3.8) is 0 Å². The molecule has 5 nitrogen and oxygen atoms in total. The molecule has 1 aliphatic rings. The minimum Gasteiger partial charge on any atom is -0.507 e. The van der Waals surface area contributed by atoms with Crippen molar-refractivity contribution in [2.45, 2.75) is 39.5 Å². The number of rotatable bonds is 2. The van der Waals surface area contributed by atoms with Gasteiger partial charge in [-0.2, -0.15) is 0 Å². The van der Waals surface area contributed by atoms with Crippen LogP contribution < -0.4 is 10.5 Å². The van der Waals surface area contributed by atoms with Crippen molar-refractivity contribution < 1.29 is 19.2 Å². The SMILES string of the molecule is Cc1cc(=O)oc2c(C[NH+]3C[C@@H](C)O[C@H](C)C3)c(O)ccc12. The summed E-state index contributed by atoms with van der Waals surface area (Å²) in [6.45, 7) is 8.36. The Labute approximate surface area is 129 Å². The smallest absolute Gasteiger partial charge is 0.336 e. The molecule has 1 aliphatic heterocycles. The predicted octanol–water partition coefficient (Wildman–Crippen LogP) is 0.999. The van der Waals surface area contributed by atoms with Crippen molar-refractivity contribution in [3.8, 4) is 5.75 Å². The number of aryl methyl sites for hydroxylation is 1.